The van der Waals surface area contributed by atoms with Gasteiger partial charge < -0.3 is 0 Å². The second kappa shape index (κ2) is 5.19. The molecule has 0 radical (unpaired) electrons. The zero-order valence-corrected chi connectivity index (χ0v) is 10.3. The molecule has 6 heteroatoms. The Morgan fingerprint density at radius 2 is 1.55 bits per heavy atom. The van der Waals surface area contributed by atoms with Crippen molar-refractivity contribution in [3.63, 3.8) is 0 Å². The maximum atomic E-state index is 12.3. The molecule has 0 aliphatic heterocycles. The van der Waals surface area contributed by atoms with E-state index in [2.05, 4.69) is 0 Å². The van der Waals surface area contributed by atoms with E-state index in [0.717, 1.165) is 0 Å². The molecule has 0 heterocycles. The van der Waals surface area contributed by atoms with E-state index in [-0.39, 0.29) is 18.4 Å². The summed E-state index contributed by atoms with van der Waals surface area (Å²) in [6.07, 6.45) is -5.27. The third-order valence-electron chi connectivity index (χ3n) is 3.40. The van der Waals surface area contributed by atoms with Crippen molar-refractivity contribution in [2.24, 2.45) is 11.8 Å². The molecule has 1 aromatic rings. The van der Waals surface area contributed by atoms with E-state index in [1.165, 1.54) is 12.1 Å². The van der Waals surface area contributed by atoms with Crippen LogP contribution in [0.4, 0.5) is 13.2 Å². The van der Waals surface area contributed by atoms with Crippen LogP contribution in [0.1, 0.15) is 23.2 Å². The fourth-order valence-corrected chi connectivity index (χ4v) is 2.38. The Hall–Kier alpha value is -1.98. The first-order valence-corrected chi connectivity index (χ1v) is 6.06. The molecular formula is C14H11F3O3. The standard InChI is InChI=1S/C14H11F3O3/c15-14(16,17)13(20)10-7-6-9(12(10)19)11(18)8-4-2-1-3-5-8/h1-5,9-10H,6-7H2. The number of carbonyl (C=O) groups excluding carboxylic acids is 3. The topological polar surface area (TPSA) is 51.2 Å². The van der Waals surface area contributed by atoms with Crippen LogP contribution in [0.2, 0.25) is 0 Å². The summed E-state index contributed by atoms with van der Waals surface area (Å²) < 4.78 is 37.0. The number of rotatable bonds is 3. The first-order chi connectivity index (χ1) is 9.32. The molecule has 0 aromatic heterocycles. The molecule has 0 N–H and O–H groups in total. The summed E-state index contributed by atoms with van der Waals surface area (Å²) in [5, 5.41) is 0. The van der Waals surface area contributed by atoms with Crippen LogP contribution in [0, 0.1) is 11.8 Å². The molecule has 1 saturated carbocycles. The van der Waals surface area contributed by atoms with E-state index >= 15 is 0 Å². The SMILES string of the molecule is O=C(c1ccccc1)C1CCC(C(=O)C(F)(F)F)C1=O. The lowest BCUT2D eigenvalue weighted by molar-refractivity contribution is -0.176. The Bertz CT molecular complexity index is 549. The molecule has 106 valence electrons. The fraction of sp³-hybridized carbons (Fsp3) is 0.357. The predicted molar refractivity (Wildman–Crippen MR) is 63.1 cm³/mol. The zero-order chi connectivity index (χ0) is 14.9. The van der Waals surface area contributed by atoms with Crippen LogP contribution in [0.3, 0.4) is 0 Å². The highest BCUT2D eigenvalue weighted by Gasteiger charge is 2.51. The highest BCUT2D eigenvalue weighted by Crippen LogP contribution is 2.34. The number of Topliss-reactive ketones (excluding diaryl/α,β-unsaturated/α-hetero) is 3. The maximum absolute atomic E-state index is 12.3. The van der Waals surface area contributed by atoms with Gasteiger partial charge in [-0.15, -0.1) is 0 Å². The lowest BCUT2D eigenvalue weighted by atomic mass is 9.92. The van der Waals surface area contributed by atoms with E-state index in [1.54, 1.807) is 18.2 Å². The highest BCUT2D eigenvalue weighted by atomic mass is 19.4. The Morgan fingerprint density at radius 1 is 1.00 bits per heavy atom. The van der Waals surface area contributed by atoms with E-state index < -0.39 is 35.4 Å². The fourth-order valence-electron chi connectivity index (χ4n) is 2.38. The largest absolute Gasteiger partial charge is 0.450 e. The van der Waals surface area contributed by atoms with Gasteiger partial charge in [-0.1, -0.05) is 30.3 Å². The molecule has 1 aromatic carbocycles. The molecule has 0 spiro atoms. The summed E-state index contributed by atoms with van der Waals surface area (Å²) in [6.45, 7) is 0. The lowest BCUT2D eigenvalue weighted by Gasteiger charge is -2.11. The van der Waals surface area contributed by atoms with E-state index in [1.807, 2.05) is 0 Å². The van der Waals surface area contributed by atoms with Gasteiger partial charge in [-0.25, -0.2) is 0 Å². The predicted octanol–water partition coefficient (Wildman–Crippen LogP) is 2.60. The minimum absolute atomic E-state index is 0.0148. The van der Waals surface area contributed by atoms with Gasteiger partial charge >= 0.3 is 6.18 Å². The van der Waals surface area contributed by atoms with Crippen molar-refractivity contribution in [1.82, 2.24) is 0 Å². The summed E-state index contributed by atoms with van der Waals surface area (Å²) in [7, 11) is 0. The molecule has 2 atom stereocenters. The van der Waals surface area contributed by atoms with Crippen molar-refractivity contribution in [3.05, 3.63) is 35.9 Å². The van der Waals surface area contributed by atoms with Gasteiger partial charge in [0, 0.05) is 5.56 Å². The third kappa shape index (κ3) is 2.64. The van der Waals surface area contributed by atoms with Crippen molar-refractivity contribution in [2.75, 3.05) is 0 Å². The minimum atomic E-state index is -5.04. The lowest BCUT2D eigenvalue weighted by Crippen LogP contribution is -2.35. The monoisotopic (exact) mass is 284 g/mol. The molecule has 0 bridgehead atoms. The quantitative estimate of drug-likeness (QED) is 0.633. The average Bonchev–Trinajstić information content (AvgIpc) is 2.78. The molecule has 2 unspecified atom stereocenters. The van der Waals surface area contributed by atoms with Crippen LogP contribution in [0.15, 0.2) is 30.3 Å². The molecule has 20 heavy (non-hydrogen) atoms. The Balaban J connectivity index is 2.16. The number of halogens is 3. The molecular weight excluding hydrogens is 273 g/mol. The molecule has 0 saturated heterocycles. The van der Waals surface area contributed by atoms with Gasteiger partial charge in [-0.05, 0) is 12.8 Å². The molecule has 3 nitrogen and oxygen atoms in total. The molecule has 2 rings (SSSR count). The molecule has 0 amide bonds. The molecule has 1 aliphatic carbocycles. The second-order valence-corrected chi connectivity index (χ2v) is 4.68. The number of alkyl halides is 3. The van der Waals surface area contributed by atoms with Crippen LogP contribution >= 0.6 is 0 Å². The number of hydrogen-bond acceptors (Lipinski definition) is 3. The normalized spacial score (nSPS) is 22.9. The summed E-state index contributed by atoms with van der Waals surface area (Å²) >= 11 is 0. The van der Waals surface area contributed by atoms with Gasteiger partial charge in [0.1, 0.15) is 0 Å². The van der Waals surface area contributed by atoms with E-state index in [0.29, 0.717) is 0 Å². The zero-order valence-electron chi connectivity index (χ0n) is 10.3. The summed E-state index contributed by atoms with van der Waals surface area (Å²) in [6, 6.07) is 7.88. The van der Waals surface area contributed by atoms with Crippen LogP contribution in [-0.4, -0.2) is 23.5 Å². The van der Waals surface area contributed by atoms with Crippen LogP contribution in [0.25, 0.3) is 0 Å². The van der Waals surface area contributed by atoms with Gasteiger partial charge in [-0.2, -0.15) is 13.2 Å². The summed E-state index contributed by atoms with van der Waals surface area (Å²) in [4.78, 5) is 35.1. The number of ketones is 3. The smallest absolute Gasteiger partial charge is 0.298 e. The first-order valence-electron chi connectivity index (χ1n) is 6.06. The van der Waals surface area contributed by atoms with Crippen LogP contribution in [-0.2, 0) is 9.59 Å². The Morgan fingerprint density at radius 3 is 2.10 bits per heavy atom. The molecule has 1 aliphatic rings. The number of benzene rings is 1. The minimum Gasteiger partial charge on any atom is -0.298 e. The van der Waals surface area contributed by atoms with Gasteiger partial charge in [0.25, 0.3) is 0 Å². The average molecular weight is 284 g/mol. The van der Waals surface area contributed by atoms with Gasteiger partial charge in [0.05, 0.1) is 11.8 Å². The first kappa shape index (κ1) is 14.4. The van der Waals surface area contributed by atoms with Crippen LogP contribution in [0.5, 0.6) is 0 Å². The second-order valence-electron chi connectivity index (χ2n) is 4.68. The third-order valence-corrected chi connectivity index (χ3v) is 3.40. The van der Waals surface area contributed by atoms with E-state index in [4.69, 9.17) is 0 Å². The summed E-state index contributed by atoms with van der Waals surface area (Å²) in [5.41, 5.74) is 0.269. The number of hydrogen-bond donors (Lipinski definition) is 0. The van der Waals surface area contributed by atoms with Gasteiger partial charge in [-0.3, -0.25) is 14.4 Å². The van der Waals surface area contributed by atoms with Crippen molar-refractivity contribution in [2.45, 2.75) is 19.0 Å². The van der Waals surface area contributed by atoms with Crippen molar-refractivity contribution in [3.8, 4) is 0 Å². The summed E-state index contributed by atoms with van der Waals surface area (Å²) in [5.74, 6) is -6.36. The number of carbonyl (C=O) groups is 3. The highest BCUT2D eigenvalue weighted by molar-refractivity contribution is 6.18. The van der Waals surface area contributed by atoms with Gasteiger partial charge in [0.2, 0.25) is 5.78 Å². The van der Waals surface area contributed by atoms with E-state index in [9.17, 15) is 27.6 Å². The molecule has 1 fully saturated rings. The van der Waals surface area contributed by atoms with Crippen molar-refractivity contribution < 1.29 is 27.6 Å². The van der Waals surface area contributed by atoms with Crippen molar-refractivity contribution in [1.29, 1.82) is 0 Å². The maximum Gasteiger partial charge on any atom is 0.450 e. The van der Waals surface area contributed by atoms with Crippen LogP contribution < -0.4 is 0 Å². The van der Waals surface area contributed by atoms with Gasteiger partial charge in [0.15, 0.2) is 11.6 Å². The van der Waals surface area contributed by atoms with Crippen molar-refractivity contribution >= 4 is 17.3 Å². The Labute approximate surface area is 112 Å². The Kier molecular flexibility index (Phi) is 3.74.